The second-order valence-corrected chi connectivity index (χ2v) is 9.49. The lowest BCUT2D eigenvalue weighted by atomic mass is 10.1. The van der Waals surface area contributed by atoms with Gasteiger partial charge in [0, 0.05) is 46.8 Å². The van der Waals surface area contributed by atoms with Gasteiger partial charge in [-0.1, -0.05) is 12.1 Å². The summed E-state index contributed by atoms with van der Waals surface area (Å²) in [6, 6.07) is 10.1. The number of carbonyl (C=O) groups excluding carboxylic acids is 1. The molecule has 1 aromatic carbocycles. The number of carbonyl (C=O) groups is 1. The maximum absolute atomic E-state index is 12.9. The van der Waals surface area contributed by atoms with E-state index in [0.717, 1.165) is 59.6 Å². The van der Waals surface area contributed by atoms with Crippen molar-refractivity contribution in [3.63, 3.8) is 0 Å². The number of hydrogen-bond acceptors (Lipinski definition) is 8. The van der Waals surface area contributed by atoms with Gasteiger partial charge in [0.15, 0.2) is 0 Å². The minimum Gasteiger partial charge on any atom is -0.497 e. The third-order valence-corrected chi connectivity index (χ3v) is 7.12. The van der Waals surface area contributed by atoms with Gasteiger partial charge in [-0.3, -0.25) is 15.0 Å². The molecule has 1 atom stereocenters. The molecular weight excluding hydrogens is 432 g/mol. The largest absolute Gasteiger partial charge is 0.497 e. The third-order valence-electron chi connectivity index (χ3n) is 5.35. The Balaban J connectivity index is 1.41. The van der Waals surface area contributed by atoms with Crippen LogP contribution < -0.4 is 10.1 Å². The maximum Gasteiger partial charge on any atom is 0.258 e. The molecule has 0 radical (unpaired) electrons. The molecule has 3 heterocycles. The molecule has 4 rings (SSSR count). The smallest absolute Gasteiger partial charge is 0.258 e. The van der Waals surface area contributed by atoms with Crippen LogP contribution in [0.5, 0.6) is 5.75 Å². The highest BCUT2D eigenvalue weighted by Gasteiger charge is 2.20. The SMILES string of the molecule is COc1cccc(-c2cc(C(=O)Nc3nc(CC(C)N4CCOCC4)ns3)c(C)s2)c1. The van der Waals surface area contributed by atoms with Gasteiger partial charge in [-0.15, -0.1) is 11.3 Å². The van der Waals surface area contributed by atoms with Gasteiger partial charge in [-0.05, 0) is 37.6 Å². The lowest BCUT2D eigenvalue weighted by Crippen LogP contribution is -2.43. The van der Waals surface area contributed by atoms with Gasteiger partial charge < -0.3 is 9.47 Å². The number of nitrogens with zero attached hydrogens (tertiary/aromatic N) is 3. The molecule has 0 bridgehead atoms. The van der Waals surface area contributed by atoms with E-state index in [2.05, 4.69) is 26.5 Å². The van der Waals surface area contributed by atoms with Crippen LogP contribution in [0.15, 0.2) is 30.3 Å². The first kappa shape index (κ1) is 21.9. The number of methoxy groups -OCH3 is 1. The van der Waals surface area contributed by atoms with Crippen molar-refractivity contribution in [1.82, 2.24) is 14.3 Å². The normalized spacial score (nSPS) is 15.6. The van der Waals surface area contributed by atoms with Crippen molar-refractivity contribution < 1.29 is 14.3 Å². The van der Waals surface area contributed by atoms with Crippen molar-refractivity contribution in [3.05, 3.63) is 46.6 Å². The quantitative estimate of drug-likeness (QED) is 0.575. The summed E-state index contributed by atoms with van der Waals surface area (Å²) in [7, 11) is 1.65. The molecule has 1 unspecified atom stereocenters. The standard InChI is InChI=1S/C22H26N4O3S2/c1-14(26-7-9-29-10-8-26)11-20-23-22(31-25-20)24-21(27)18-13-19(30-15(18)2)16-5-4-6-17(12-16)28-3/h4-6,12-14H,7-11H2,1-3H3,(H,23,24,25,27). The van der Waals surface area contributed by atoms with Crippen LogP contribution in [0.3, 0.4) is 0 Å². The van der Waals surface area contributed by atoms with Crippen molar-refractivity contribution in [1.29, 1.82) is 0 Å². The van der Waals surface area contributed by atoms with E-state index in [9.17, 15) is 4.79 Å². The lowest BCUT2D eigenvalue weighted by Gasteiger charge is -2.31. The van der Waals surface area contributed by atoms with Gasteiger partial charge >= 0.3 is 0 Å². The van der Waals surface area contributed by atoms with E-state index in [1.54, 1.807) is 18.4 Å². The number of morpholine rings is 1. The number of amides is 1. The zero-order chi connectivity index (χ0) is 21.8. The Morgan fingerprint density at radius 2 is 2.13 bits per heavy atom. The van der Waals surface area contributed by atoms with Crippen LogP contribution in [0.4, 0.5) is 5.13 Å². The maximum atomic E-state index is 12.9. The number of rotatable bonds is 7. The number of anilines is 1. The average Bonchev–Trinajstić information content (AvgIpc) is 3.40. The first-order valence-electron chi connectivity index (χ1n) is 10.2. The fourth-order valence-electron chi connectivity index (χ4n) is 3.59. The topological polar surface area (TPSA) is 76.6 Å². The van der Waals surface area contributed by atoms with Gasteiger partial charge in [0.2, 0.25) is 5.13 Å². The van der Waals surface area contributed by atoms with Gasteiger partial charge in [0.25, 0.3) is 5.91 Å². The first-order chi connectivity index (χ1) is 15.0. The van der Waals surface area contributed by atoms with E-state index in [1.807, 2.05) is 37.3 Å². The molecule has 0 aliphatic carbocycles. The Labute approximate surface area is 190 Å². The summed E-state index contributed by atoms with van der Waals surface area (Å²) in [5.41, 5.74) is 1.68. The average molecular weight is 459 g/mol. The van der Waals surface area contributed by atoms with Crippen LogP contribution >= 0.6 is 22.9 Å². The molecular formula is C22H26N4O3S2. The second-order valence-electron chi connectivity index (χ2n) is 7.48. The number of aromatic nitrogens is 2. The number of benzene rings is 1. The van der Waals surface area contributed by atoms with Crippen LogP contribution in [0.2, 0.25) is 0 Å². The minimum atomic E-state index is -0.160. The predicted octanol–water partition coefficient (Wildman–Crippen LogP) is 4.10. The zero-order valence-electron chi connectivity index (χ0n) is 17.9. The van der Waals surface area contributed by atoms with E-state index in [1.165, 1.54) is 11.5 Å². The fraction of sp³-hybridized carbons (Fsp3) is 0.409. The number of aryl methyl sites for hydroxylation is 1. The summed E-state index contributed by atoms with van der Waals surface area (Å²) < 4.78 is 15.2. The Hall–Kier alpha value is -2.33. The first-order valence-corrected chi connectivity index (χ1v) is 11.8. The molecule has 3 aromatic rings. The Morgan fingerprint density at radius 3 is 2.90 bits per heavy atom. The summed E-state index contributed by atoms with van der Waals surface area (Å²) in [5, 5.41) is 3.44. The molecule has 7 nitrogen and oxygen atoms in total. The predicted molar refractivity (Wildman–Crippen MR) is 124 cm³/mol. The van der Waals surface area contributed by atoms with E-state index in [4.69, 9.17) is 9.47 Å². The monoisotopic (exact) mass is 458 g/mol. The van der Waals surface area contributed by atoms with E-state index >= 15 is 0 Å². The second kappa shape index (κ2) is 9.86. The Bertz CT molecular complexity index is 1040. The summed E-state index contributed by atoms with van der Waals surface area (Å²) in [4.78, 5) is 21.8. The van der Waals surface area contributed by atoms with Crippen molar-refractivity contribution in [2.75, 3.05) is 38.7 Å². The van der Waals surface area contributed by atoms with Crippen molar-refractivity contribution >= 4 is 33.9 Å². The fourth-order valence-corrected chi connectivity index (χ4v) is 5.19. The van der Waals surface area contributed by atoms with Gasteiger partial charge in [-0.25, -0.2) is 4.98 Å². The van der Waals surface area contributed by atoms with Crippen molar-refractivity contribution in [3.8, 4) is 16.2 Å². The molecule has 1 fully saturated rings. The van der Waals surface area contributed by atoms with Crippen LogP contribution in [-0.4, -0.2) is 59.6 Å². The molecule has 31 heavy (non-hydrogen) atoms. The van der Waals surface area contributed by atoms with E-state index < -0.39 is 0 Å². The summed E-state index contributed by atoms with van der Waals surface area (Å²) in [6.07, 6.45) is 0.754. The van der Waals surface area contributed by atoms with Crippen LogP contribution in [-0.2, 0) is 11.2 Å². The molecule has 0 spiro atoms. The van der Waals surface area contributed by atoms with Crippen LogP contribution in [0, 0.1) is 6.92 Å². The zero-order valence-corrected chi connectivity index (χ0v) is 19.5. The molecule has 2 aromatic heterocycles. The summed E-state index contributed by atoms with van der Waals surface area (Å²) >= 11 is 2.82. The number of nitrogens with one attached hydrogen (secondary N) is 1. The van der Waals surface area contributed by atoms with Crippen molar-refractivity contribution in [2.45, 2.75) is 26.3 Å². The number of hydrogen-bond donors (Lipinski definition) is 1. The Kier molecular flexibility index (Phi) is 6.96. The van der Waals surface area contributed by atoms with Crippen LogP contribution in [0.1, 0.15) is 28.0 Å². The highest BCUT2D eigenvalue weighted by Crippen LogP contribution is 2.33. The van der Waals surface area contributed by atoms with Gasteiger partial charge in [0.1, 0.15) is 11.6 Å². The van der Waals surface area contributed by atoms with Crippen molar-refractivity contribution in [2.24, 2.45) is 0 Å². The highest BCUT2D eigenvalue weighted by molar-refractivity contribution is 7.15. The molecule has 1 amide bonds. The molecule has 1 N–H and O–H groups in total. The van der Waals surface area contributed by atoms with Gasteiger partial charge in [-0.2, -0.15) is 4.37 Å². The number of thiophene rings is 1. The van der Waals surface area contributed by atoms with E-state index in [-0.39, 0.29) is 5.91 Å². The molecule has 164 valence electrons. The third kappa shape index (κ3) is 5.30. The summed E-state index contributed by atoms with van der Waals surface area (Å²) in [6.45, 7) is 7.55. The number of ether oxygens (including phenoxy) is 2. The van der Waals surface area contributed by atoms with E-state index in [0.29, 0.717) is 16.7 Å². The molecule has 0 saturated carbocycles. The molecule has 9 heteroatoms. The summed E-state index contributed by atoms with van der Waals surface area (Å²) in [5.74, 6) is 1.40. The molecule has 1 aliphatic rings. The molecule has 1 saturated heterocycles. The van der Waals surface area contributed by atoms with Crippen LogP contribution in [0.25, 0.3) is 10.4 Å². The highest BCUT2D eigenvalue weighted by atomic mass is 32.1. The molecule has 1 aliphatic heterocycles. The Morgan fingerprint density at radius 1 is 1.32 bits per heavy atom. The lowest BCUT2D eigenvalue weighted by molar-refractivity contribution is 0.0200. The minimum absolute atomic E-state index is 0.160. The van der Waals surface area contributed by atoms with Gasteiger partial charge in [0.05, 0.1) is 25.9 Å².